The number of rotatable bonds is 5. The van der Waals surface area contributed by atoms with E-state index < -0.39 is 18.2 Å². The monoisotopic (exact) mass is 357 g/mol. The van der Waals surface area contributed by atoms with Gasteiger partial charge in [-0.2, -0.15) is 10.3 Å². The quantitative estimate of drug-likeness (QED) is 0.622. The summed E-state index contributed by atoms with van der Waals surface area (Å²) in [6, 6.07) is 10.7. The molecular formula is C20H27N3O3. The van der Waals surface area contributed by atoms with E-state index in [1.54, 1.807) is 0 Å². The summed E-state index contributed by atoms with van der Waals surface area (Å²) in [6.07, 6.45) is 1.49. The Morgan fingerprint density at radius 1 is 1.42 bits per heavy atom. The van der Waals surface area contributed by atoms with Gasteiger partial charge in [0.15, 0.2) is 0 Å². The zero-order valence-corrected chi connectivity index (χ0v) is 15.6. The Labute approximate surface area is 154 Å². The van der Waals surface area contributed by atoms with Crippen LogP contribution < -0.4 is 5.32 Å². The van der Waals surface area contributed by atoms with E-state index >= 15 is 0 Å². The van der Waals surface area contributed by atoms with Crippen molar-refractivity contribution in [2.45, 2.75) is 64.4 Å². The van der Waals surface area contributed by atoms with Crippen LogP contribution in [-0.2, 0) is 16.1 Å². The maximum absolute atomic E-state index is 11.7. The average Bonchev–Trinajstić information content (AvgIpc) is 3.02. The van der Waals surface area contributed by atoms with E-state index in [2.05, 4.69) is 25.2 Å². The maximum atomic E-state index is 11.7. The zero-order chi connectivity index (χ0) is 18.9. The first-order valence-corrected chi connectivity index (χ1v) is 9.13. The van der Waals surface area contributed by atoms with Crippen molar-refractivity contribution < 1.29 is 14.7 Å². The summed E-state index contributed by atoms with van der Waals surface area (Å²) in [4.78, 5) is 11.7. The van der Waals surface area contributed by atoms with Gasteiger partial charge in [-0.15, -0.1) is 0 Å². The van der Waals surface area contributed by atoms with Crippen LogP contribution in [0.3, 0.4) is 0 Å². The van der Waals surface area contributed by atoms with Gasteiger partial charge in [-0.05, 0) is 23.8 Å². The highest BCUT2D eigenvalue weighted by Gasteiger charge is 2.55. The third-order valence-corrected chi connectivity index (χ3v) is 5.54. The summed E-state index contributed by atoms with van der Waals surface area (Å²) in [5, 5.41) is 24.8. The lowest BCUT2D eigenvalue weighted by Crippen LogP contribution is -2.52. The fraction of sp³-hybridized carbons (Fsp3) is 0.600. The number of carbonyl (C=O) groups excluding carboxylic acids is 1. The van der Waals surface area contributed by atoms with Gasteiger partial charge < -0.3 is 15.3 Å². The third-order valence-electron chi connectivity index (χ3n) is 5.54. The van der Waals surface area contributed by atoms with Gasteiger partial charge in [0.05, 0.1) is 18.7 Å². The van der Waals surface area contributed by atoms with E-state index in [0.717, 1.165) is 23.5 Å². The van der Waals surface area contributed by atoms with Gasteiger partial charge >= 0.3 is 5.97 Å². The SMILES string of the molecule is CC(=O)OC1C2CC(C)(C)CC2NC1C(C#N)N(O)Cc1ccccc1. The summed E-state index contributed by atoms with van der Waals surface area (Å²) in [5.41, 5.74) is 1.09. The maximum Gasteiger partial charge on any atom is 0.302 e. The van der Waals surface area contributed by atoms with Crippen molar-refractivity contribution in [1.29, 1.82) is 5.26 Å². The van der Waals surface area contributed by atoms with Crippen molar-refractivity contribution in [3.05, 3.63) is 35.9 Å². The molecule has 2 N–H and O–H groups in total. The van der Waals surface area contributed by atoms with Gasteiger partial charge in [-0.25, -0.2) is 0 Å². The molecule has 1 heterocycles. The zero-order valence-electron chi connectivity index (χ0n) is 15.6. The minimum absolute atomic E-state index is 0.167. The highest BCUT2D eigenvalue weighted by atomic mass is 16.5. The molecule has 1 saturated carbocycles. The van der Waals surface area contributed by atoms with Crippen LogP contribution in [0.4, 0.5) is 0 Å². The Morgan fingerprint density at radius 3 is 2.73 bits per heavy atom. The predicted molar refractivity (Wildman–Crippen MR) is 95.9 cm³/mol. The molecular weight excluding hydrogens is 330 g/mol. The number of nitrogens with one attached hydrogen (secondary N) is 1. The van der Waals surface area contributed by atoms with E-state index in [1.165, 1.54) is 6.92 Å². The molecule has 3 rings (SSSR count). The third kappa shape index (κ3) is 3.90. The van der Waals surface area contributed by atoms with Gasteiger partial charge in [-0.1, -0.05) is 44.2 Å². The number of hydrogen-bond donors (Lipinski definition) is 2. The van der Waals surface area contributed by atoms with E-state index in [9.17, 15) is 15.3 Å². The highest BCUT2D eigenvalue weighted by molar-refractivity contribution is 5.66. The molecule has 26 heavy (non-hydrogen) atoms. The lowest BCUT2D eigenvalue weighted by Gasteiger charge is -2.32. The molecule has 0 aromatic heterocycles. The molecule has 1 aromatic rings. The number of nitrogens with zero attached hydrogens (tertiary/aromatic N) is 2. The van der Waals surface area contributed by atoms with Crippen molar-refractivity contribution >= 4 is 5.97 Å². The molecule has 0 amide bonds. The van der Waals surface area contributed by atoms with Crippen LogP contribution in [0.1, 0.15) is 39.2 Å². The Morgan fingerprint density at radius 2 is 2.12 bits per heavy atom. The molecule has 0 bridgehead atoms. The molecule has 1 saturated heterocycles. The first-order chi connectivity index (χ1) is 12.3. The van der Waals surface area contributed by atoms with Crippen LogP contribution >= 0.6 is 0 Å². The Kier molecular flexibility index (Phi) is 5.33. The second-order valence-electron chi connectivity index (χ2n) is 8.27. The summed E-state index contributed by atoms with van der Waals surface area (Å²) < 4.78 is 5.62. The van der Waals surface area contributed by atoms with Gasteiger partial charge in [0.2, 0.25) is 0 Å². The number of hydrogen-bond acceptors (Lipinski definition) is 6. The van der Waals surface area contributed by atoms with Crippen molar-refractivity contribution in [2.24, 2.45) is 11.3 Å². The number of ether oxygens (including phenoxy) is 1. The van der Waals surface area contributed by atoms with Gasteiger partial charge in [0.25, 0.3) is 0 Å². The number of hydroxylamine groups is 2. The van der Waals surface area contributed by atoms with Gasteiger partial charge in [-0.3, -0.25) is 4.79 Å². The molecule has 1 aliphatic carbocycles. The summed E-state index contributed by atoms with van der Waals surface area (Å²) >= 11 is 0. The largest absolute Gasteiger partial charge is 0.460 e. The van der Waals surface area contributed by atoms with E-state index in [1.807, 2.05) is 30.3 Å². The predicted octanol–water partition coefficient (Wildman–Crippen LogP) is 2.48. The van der Waals surface area contributed by atoms with Crippen LogP contribution in [0.2, 0.25) is 0 Å². The molecule has 0 spiro atoms. The van der Waals surface area contributed by atoms with Gasteiger partial charge in [0, 0.05) is 18.9 Å². The fourth-order valence-corrected chi connectivity index (χ4v) is 4.57. The number of fused-ring (bicyclic) bond motifs is 1. The lowest BCUT2D eigenvalue weighted by atomic mass is 9.87. The second-order valence-corrected chi connectivity index (χ2v) is 8.27. The lowest BCUT2D eigenvalue weighted by molar-refractivity contribution is -0.158. The molecule has 2 fully saturated rings. The van der Waals surface area contributed by atoms with Crippen LogP contribution in [-0.4, -0.2) is 40.5 Å². The van der Waals surface area contributed by atoms with Crippen LogP contribution in [0.25, 0.3) is 0 Å². The molecule has 0 radical (unpaired) electrons. The fourth-order valence-electron chi connectivity index (χ4n) is 4.57. The van der Waals surface area contributed by atoms with Crippen LogP contribution in [0.5, 0.6) is 0 Å². The molecule has 5 unspecified atom stereocenters. The minimum atomic E-state index is -0.798. The molecule has 1 aliphatic heterocycles. The van der Waals surface area contributed by atoms with Crippen molar-refractivity contribution in [1.82, 2.24) is 10.4 Å². The van der Waals surface area contributed by atoms with E-state index in [0.29, 0.717) is 0 Å². The Balaban J connectivity index is 1.78. The smallest absolute Gasteiger partial charge is 0.302 e. The summed E-state index contributed by atoms with van der Waals surface area (Å²) in [7, 11) is 0. The molecule has 6 heteroatoms. The minimum Gasteiger partial charge on any atom is -0.460 e. The van der Waals surface area contributed by atoms with Crippen molar-refractivity contribution in [3.8, 4) is 6.07 Å². The van der Waals surface area contributed by atoms with Crippen LogP contribution in [0, 0.1) is 22.7 Å². The van der Waals surface area contributed by atoms with Gasteiger partial charge in [0.1, 0.15) is 12.1 Å². The standard InChI is InChI=1S/C20H27N3O3/c1-13(24)26-19-15-9-20(2,3)10-16(15)22-18(19)17(11-21)23(25)12-14-7-5-4-6-8-14/h4-8,15-19,22,25H,9-10,12H2,1-3H3. The number of nitriles is 1. The average molecular weight is 357 g/mol. The molecule has 1 aromatic carbocycles. The Bertz CT molecular complexity index is 685. The van der Waals surface area contributed by atoms with E-state index in [4.69, 9.17) is 4.74 Å². The summed E-state index contributed by atoms with van der Waals surface area (Å²) in [5.74, 6) is -0.184. The molecule has 6 nitrogen and oxygen atoms in total. The number of carbonyl (C=O) groups is 1. The molecule has 140 valence electrons. The molecule has 5 atom stereocenters. The van der Waals surface area contributed by atoms with Crippen molar-refractivity contribution in [3.63, 3.8) is 0 Å². The normalized spacial score (nSPS) is 30.6. The second kappa shape index (κ2) is 7.36. The topological polar surface area (TPSA) is 85.6 Å². The van der Waals surface area contributed by atoms with Crippen LogP contribution in [0.15, 0.2) is 30.3 Å². The first kappa shape index (κ1) is 18.8. The summed E-state index contributed by atoms with van der Waals surface area (Å²) in [6.45, 7) is 6.06. The highest BCUT2D eigenvalue weighted by Crippen LogP contribution is 2.47. The van der Waals surface area contributed by atoms with Crippen molar-refractivity contribution in [2.75, 3.05) is 0 Å². The first-order valence-electron chi connectivity index (χ1n) is 9.13. The van der Waals surface area contributed by atoms with E-state index in [-0.39, 0.29) is 29.9 Å². The Hall–Kier alpha value is -1.94. The number of esters is 1. The number of benzene rings is 1. The molecule has 2 aliphatic rings.